The number of aromatic carboxylic acids is 1. The standard InChI is InChI=1S/C39H56N2O4S/c1-35(2)28(25-8-10-26(11-9-25)34(43)44)16-19-36(3)31(35)17-20-38(5)32(36)15-14-29-30-7-6-18-39(30,22-21-37(29,38)4)24-40-23-33(42)41-46(45)27-12-13-27/h8-11,16,27,29-32,40H,6-7,12-15,17-24H2,1-5H3,(H,41,42)(H,43,44)/t29?,30?,31?,32?,36?,37-,38?,39-,46?/m1/s1. The largest absolute Gasteiger partial charge is 0.478 e. The van der Waals surface area contributed by atoms with E-state index in [0.29, 0.717) is 34.1 Å². The average molecular weight is 649 g/mol. The van der Waals surface area contributed by atoms with E-state index in [9.17, 15) is 18.9 Å². The molecule has 6 nitrogen and oxygen atoms in total. The summed E-state index contributed by atoms with van der Waals surface area (Å²) in [4.78, 5) is 24.0. The van der Waals surface area contributed by atoms with Crippen LogP contribution in [-0.4, -0.2) is 39.5 Å². The van der Waals surface area contributed by atoms with Crippen molar-refractivity contribution in [2.24, 2.45) is 50.7 Å². The molecule has 0 radical (unpaired) electrons. The molecule has 46 heavy (non-hydrogen) atoms. The molecule has 1 aromatic rings. The van der Waals surface area contributed by atoms with Crippen molar-refractivity contribution in [3.8, 4) is 0 Å². The van der Waals surface area contributed by atoms with Gasteiger partial charge in [0, 0.05) is 6.54 Å². The molecule has 252 valence electrons. The van der Waals surface area contributed by atoms with Crippen LogP contribution in [0.15, 0.2) is 30.3 Å². The van der Waals surface area contributed by atoms with Crippen molar-refractivity contribution in [3.63, 3.8) is 0 Å². The molecule has 1 aromatic carbocycles. The van der Waals surface area contributed by atoms with Gasteiger partial charge in [-0.15, -0.1) is 0 Å². The van der Waals surface area contributed by atoms with Gasteiger partial charge in [0.1, 0.15) is 11.0 Å². The van der Waals surface area contributed by atoms with Crippen molar-refractivity contribution in [2.75, 3.05) is 13.1 Å². The Balaban J connectivity index is 1.09. The Bertz CT molecular complexity index is 1450. The van der Waals surface area contributed by atoms with Gasteiger partial charge >= 0.3 is 5.97 Å². The van der Waals surface area contributed by atoms with Crippen LogP contribution in [-0.2, 0) is 15.8 Å². The SMILES string of the molecule is CC1(C)C(c2ccc(C(=O)O)cc2)=CCC2(C)C1CCC1(C)C2CCC2C3CCC[C@]3(CNCC(=O)NS(=O)C3CC3)CC[C@]21C. The molecular weight excluding hydrogens is 593 g/mol. The number of hydrogen-bond acceptors (Lipinski definition) is 4. The number of amides is 1. The van der Waals surface area contributed by atoms with Crippen molar-refractivity contribution in [2.45, 2.75) is 117 Å². The van der Waals surface area contributed by atoms with Crippen molar-refractivity contribution < 1.29 is 18.9 Å². The van der Waals surface area contributed by atoms with Crippen LogP contribution in [0.1, 0.15) is 128 Å². The Morgan fingerprint density at radius 3 is 2.28 bits per heavy atom. The van der Waals surface area contributed by atoms with E-state index in [4.69, 9.17) is 0 Å². The maximum atomic E-state index is 12.5. The molecule has 6 aliphatic carbocycles. The molecule has 0 saturated heterocycles. The van der Waals surface area contributed by atoms with Gasteiger partial charge in [-0.2, -0.15) is 0 Å². The summed E-state index contributed by atoms with van der Waals surface area (Å²) in [5, 5.41) is 13.2. The van der Waals surface area contributed by atoms with Crippen LogP contribution in [0.25, 0.3) is 5.57 Å². The normalized spacial score (nSPS) is 41.6. The summed E-state index contributed by atoms with van der Waals surface area (Å²) in [6.45, 7) is 14.1. The van der Waals surface area contributed by atoms with Crippen molar-refractivity contribution in [3.05, 3.63) is 41.5 Å². The molecule has 6 aliphatic rings. The summed E-state index contributed by atoms with van der Waals surface area (Å²) in [6.07, 6.45) is 17.1. The topological polar surface area (TPSA) is 95.5 Å². The minimum Gasteiger partial charge on any atom is -0.478 e. The smallest absolute Gasteiger partial charge is 0.335 e. The molecule has 7 heteroatoms. The Labute approximate surface area is 278 Å². The number of fused-ring (bicyclic) bond motifs is 7. The first-order valence-electron chi connectivity index (χ1n) is 18.2. The third-order valence-corrected chi connectivity index (χ3v) is 16.9. The van der Waals surface area contributed by atoms with Gasteiger partial charge < -0.3 is 10.4 Å². The number of carboxylic acid groups (broad SMARTS) is 1. The molecule has 0 aliphatic heterocycles. The molecule has 5 saturated carbocycles. The van der Waals surface area contributed by atoms with Crippen molar-refractivity contribution in [1.82, 2.24) is 10.0 Å². The first kappa shape index (κ1) is 32.6. The summed E-state index contributed by atoms with van der Waals surface area (Å²) in [5.74, 6) is 1.74. The number of carboxylic acids is 1. The molecule has 0 spiro atoms. The van der Waals surface area contributed by atoms with Crippen LogP contribution in [0.4, 0.5) is 0 Å². The van der Waals surface area contributed by atoms with Crippen LogP contribution >= 0.6 is 0 Å². The predicted octanol–water partition coefficient (Wildman–Crippen LogP) is 7.77. The van der Waals surface area contributed by atoms with Gasteiger partial charge in [-0.3, -0.25) is 9.52 Å². The molecule has 0 aromatic heterocycles. The number of nitrogens with one attached hydrogen (secondary N) is 2. The monoisotopic (exact) mass is 648 g/mol. The molecule has 5 fully saturated rings. The number of hydrogen-bond donors (Lipinski definition) is 3. The fraction of sp³-hybridized carbons (Fsp3) is 0.744. The van der Waals surface area contributed by atoms with Gasteiger partial charge in [-0.25, -0.2) is 9.00 Å². The minimum atomic E-state index is -1.21. The first-order chi connectivity index (χ1) is 21.8. The molecule has 1 amide bonds. The van der Waals surface area contributed by atoms with E-state index < -0.39 is 17.0 Å². The van der Waals surface area contributed by atoms with Gasteiger partial charge in [0.2, 0.25) is 5.91 Å². The molecule has 9 atom stereocenters. The maximum absolute atomic E-state index is 12.5. The van der Waals surface area contributed by atoms with Gasteiger partial charge in [0.25, 0.3) is 0 Å². The van der Waals surface area contributed by atoms with E-state index in [1.165, 1.54) is 68.9 Å². The second-order valence-electron chi connectivity index (χ2n) is 17.6. The lowest BCUT2D eigenvalue weighted by Gasteiger charge is -2.72. The quantitative estimate of drug-likeness (QED) is 0.268. The lowest BCUT2D eigenvalue weighted by molar-refractivity contribution is -0.222. The van der Waals surface area contributed by atoms with Crippen LogP contribution in [0.5, 0.6) is 0 Å². The van der Waals surface area contributed by atoms with Gasteiger partial charge in [0.15, 0.2) is 0 Å². The zero-order chi connectivity index (χ0) is 32.7. The maximum Gasteiger partial charge on any atom is 0.335 e. The predicted molar refractivity (Wildman–Crippen MR) is 184 cm³/mol. The summed E-state index contributed by atoms with van der Waals surface area (Å²) >= 11 is 0. The summed E-state index contributed by atoms with van der Waals surface area (Å²) in [5.41, 5.74) is 4.09. The molecule has 7 unspecified atom stereocenters. The number of carbonyl (C=O) groups excluding carboxylic acids is 1. The van der Waals surface area contributed by atoms with Crippen molar-refractivity contribution in [1.29, 1.82) is 0 Å². The molecule has 0 bridgehead atoms. The highest BCUT2D eigenvalue weighted by Crippen LogP contribution is 2.77. The number of allylic oxidation sites excluding steroid dienone is 2. The molecule has 0 heterocycles. The minimum absolute atomic E-state index is 0.0210. The average Bonchev–Trinajstić information content (AvgIpc) is 3.77. The van der Waals surface area contributed by atoms with E-state index in [-0.39, 0.29) is 33.9 Å². The molecule has 3 N–H and O–H groups in total. The van der Waals surface area contributed by atoms with E-state index in [1.807, 2.05) is 12.1 Å². The van der Waals surface area contributed by atoms with E-state index >= 15 is 0 Å². The third kappa shape index (κ3) is 4.91. The van der Waals surface area contributed by atoms with E-state index in [1.54, 1.807) is 12.1 Å². The summed E-state index contributed by atoms with van der Waals surface area (Å²) in [6, 6.07) is 7.56. The molecule has 7 rings (SSSR count). The third-order valence-electron chi connectivity index (χ3n) is 15.4. The lowest BCUT2D eigenvalue weighted by Crippen LogP contribution is -2.65. The number of benzene rings is 1. The second-order valence-corrected chi connectivity index (χ2v) is 19.0. The van der Waals surface area contributed by atoms with Gasteiger partial charge in [-0.05, 0) is 145 Å². The Morgan fingerprint density at radius 1 is 0.848 bits per heavy atom. The van der Waals surface area contributed by atoms with Gasteiger partial charge in [-0.1, -0.05) is 59.2 Å². The van der Waals surface area contributed by atoms with Crippen LogP contribution in [0.3, 0.4) is 0 Å². The van der Waals surface area contributed by atoms with Crippen LogP contribution in [0, 0.1) is 50.7 Å². The highest BCUT2D eigenvalue weighted by Gasteiger charge is 2.69. The Hall–Kier alpha value is -1.99. The van der Waals surface area contributed by atoms with Gasteiger partial charge in [0.05, 0.1) is 17.4 Å². The van der Waals surface area contributed by atoms with Crippen molar-refractivity contribution >= 4 is 28.4 Å². The zero-order valence-electron chi connectivity index (χ0n) is 28.8. The van der Waals surface area contributed by atoms with Crippen LogP contribution in [0.2, 0.25) is 0 Å². The number of carbonyl (C=O) groups is 2. The summed E-state index contributed by atoms with van der Waals surface area (Å²) in [7, 11) is -1.21. The zero-order valence-corrected chi connectivity index (χ0v) is 29.6. The summed E-state index contributed by atoms with van der Waals surface area (Å²) < 4.78 is 14.9. The Morgan fingerprint density at radius 2 is 1.59 bits per heavy atom. The van der Waals surface area contributed by atoms with E-state index in [2.05, 4.69) is 50.7 Å². The van der Waals surface area contributed by atoms with Crippen LogP contribution < -0.4 is 10.0 Å². The number of rotatable bonds is 8. The fourth-order valence-electron chi connectivity index (χ4n) is 12.8. The highest BCUT2D eigenvalue weighted by molar-refractivity contribution is 7.84. The van der Waals surface area contributed by atoms with E-state index in [0.717, 1.165) is 31.7 Å². The lowest BCUT2D eigenvalue weighted by atomic mass is 9.32. The highest BCUT2D eigenvalue weighted by atomic mass is 32.2. The Kier molecular flexibility index (Phi) is 7.99. The fourth-order valence-corrected chi connectivity index (χ4v) is 13.9. The second kappa shape index (κ2) is 11.3. The molecular formula is C39H56N2O4S. The first-order valence-corrected chi connectivity index (χ1v) is 19.4.